The fourth-order valence-electron chi connectivity index (χ4n) is 1.59. The zero-order chi connectivity index (χ0) is 13.5. The van der Waals surface area contributed by atoms with E-state index in [9.17, 15) is 9.59 Å². The SMILES string of the molecule is CCOC(=O)CNC(=O)Nc1cc(C)cc(C)c1. The van der Waals surface area contributed by atoms with Crippen molar-refractivity contribution in [3.8, 4) is 0 Å². The van der Waals surface area contributed by atoms with Gasteiger partial charge in [0.15, 0.2) is 0 Å². The van der Waals surface area contributed by atoms with Gasteiger partial charge in [-0.15, -0.1) is 0 Å². The van der Waals surface area contributed by atoms with Gasteiger partial charge >= 0.3 is 12.0 Å². The van der Waals surface area contributed by atoms with Gasteiger partial charge in [-0.1, -0.05) is 6.07 Å². The molecule has 0 aliphatic rings. The average Bonchev–Trinajstić information content (AvgIpc) is 2.25. The molecule has 0 radical (unpaired) electrons. The molecule has 98 valence electrons. The van der Waals surface area contributed by atoms with Crippen LogP contribution in [0.15, 0.2) is 18.2 Å². The maximum atomic E-state index is 11.5. The molecule has 1 rings (SSSR count). The lowest BCUT2D eigenvalue weighted by Gasteiger charge is -2.08. The van der Waals surface area contributed by atoms with E-state index in [1.807, 2.05) is 32.0 Å². The van der Waals surface area contributed by atoms with Crippen LogP contribution < -0.4 is 10.6 Å². The van der Waals surface area contributed by atoms with Gasteiger partial charge in [-0.05, 0) is 44.0 Å². The molecule has 0 saturated carbocycles. The topological polar surface area (TPSA) is 67.4 Å². The van der Waals surface area contributed by atoms with E-state index in [0.717, 1.165) is 11.1 Å². The maximum Gasteiger partial charge on any atom is 0.325 e. The number of anilines is 1. The van der Waals surface area contributed by atoms with Crippen LogP contribution in [0, 0.1) is 13.8 Å². The molecule has 1 aromatic rings. The number of aryl methyl sites for hydroxylation is 2. The van der Waals surface area contributed by atoms with Gasteiger partial charge in [0.25, 0.3) is 0 Å². The van der Waals surface area contributed by atoms with Crippen LogP contribution in [-0.2, 0) is 9.53 Å². The van der Waals surface area contributed by atoms with E-state index in [1.54, 1.807) is 6.92 Å². The van der Waals surface area contributed by atoms with Gasteiger partial charge < -0.3 is 15.4 Å². The molecule has 0 unspecified atom stereocenters. The molecule has 0 bridgehead atoms. The van der Waals surface area contributed by atoms with E-state index in [0.29, 0.717) is 12.3 Å². The number of nitrogens with one attached hydrogen (secondary N) is 2. The van der Waals surface area contributed by atoms with Crippen molar-refractivity contribution >= 4 is 17.7 Å². The summed E-state index contributed by atoms with van der Waals surface area (Å²) in [6, 6.07) is 5.31. The Balaban J connectivity index is 2.47. The number of amides is 2. The van der Waals surface area contributed by atoms with Crippen LogP contribution in [0.3, 0.4) is 0 Å². The normalized spacial score (nSPS) is 9.72. The number of rotatable bonds is 4. The zero-order valence-electron chi connectivity index (χ0n) is 10.9. The first-order valence-corrected chi connectivity index (χ1v) is 5.80. The smallest absolute Gasteiger partial charge is 0.325 e. The van der Waals surface area contributed by atoms with Crippen molar-refractivity contribution in [3.63, 3.8) is 0 Å². The zero-order valence-corrected chi connectivity index (χ0v) is 10.9. The Morgan fingerprint density at radius 2 is 1.78 bits per heavy atom. The number of esters is 1. The summed E-state index contributed by atoms with van der Waals surface area (Å²) in [5.74, 6) is -0.451. The van der Waals surface area contributed by atoms with E-state index in [-0.39, 0.29) is 6.54 Å². The molecule has 2 amide bonds. The molecule has 0 saturated heterocycles. The van der Waals surface area contributed by atoms with Crippen molar-refractivity contribution in [1.82, 2.24) is 5.32 Å². The summed E-state index contributed by atoms with van der Waals surface area (Å²) in [6.45, 7) is 5.79. The molecule has 2 N–H and O–H groups in total. The molecular formula is C13H18N2O3. The van der Waals surface area contributed by atoms with Crippen LogP contribution in [0.2, 0.25) is 0 Å². The summed E-state index contributed by atoms with van der Waals surface area (Å²) in [7, 11) is 0. The summed E-state index contributed by atoms with van der Waals surface area (Å²) in [4.78, 5) is 22.6. The predicted molar refractivity (Wildman–Crippen MR) is 69.6 cm³/mol. The third-order valence-corrected chi connectivity index (χ3v) is 2.18. The first-order valence-electron chi connectivity index (χ1n) is 5.80. The van der Waals surface area contributed by atoms with E-state index < -0.39 is 12.0 Å². The van der Waals surface area contributed by atoms with Gasteiger partial charge in [-0.3, -0.25) is 4.79 Å². The maximum absolute atomic E-state index is 11.5. The lowest BCUT2D eigenvalue weighted by atomic mass is 10.1. The fourth-order valence-corrected chi connectivity index (χ4v) is 1.59. The minimum atomic E-state index is -0.451. The van der Waals surface area contributed by atoms with Gasteiger partial charge in [0, 0.05) is 5.69 Å². The summed E-state index contributed by atoms with van der Waals surface area (Å²) < 4.78 is 4.70. The number of ether oxygens (including phenoxy) is 1. The first-order chi connectivity index (χ1) is 8.51. The Bertz CT molecular complexity index is 424. The highest BCUT2D eigenvalue weighted by atomic mass is 16.5. The molecule has 0 aliphatic heterocycles. The van der Waals surface area contributed by atoms with Crippen LogP contribution >= 0.6 is 0 Å². The van der Waals surface area contributed by atoms with Crippen molar-refractivity contribution in [1.29, 1.82) is 0 Å². The summed E-state index contributed by atoms with van der Waals surface area (Å²) in [5, 5.41) is 5.09. The van der Waals surface area contributed by atoms with Crippen LogP contribution in [-0.4, -0.2) is 25.2 Å². The lowest BCUT2D eigenvalue weighted by Crippen LogP contribution is -2.34. The summed E-state index contributed by atoms with van der Waals surface area (Å²) in [5.41, 5.74) is 2.83. The number of hydrogen-bond donors (Lipinski definition) is 2. The fraction of sp³-hybridized carbons (Fsp3) is 0.385. The molecule has 0 heterocycles. The van der Waals surface area contributed by atoms with Crippen molar-refractivity contribution < 1.29 is 14.3 Å². The molecular weight excluding hydrogens is 232 g/mol. The second-order valence-electron chi connectivity index (χ2n) is 3.99. The van der Waals surface area contributed by atoms with Crippen molar-refractivity contribution in [2.75, 3.05) is 18.5 Å². The quantitative estimate of drug-likeness (QED) is 0.803. The predicted octanol–water partition coefficient (Wildman–Crippen LogP) is 1.99. The second kappa shape index (κ2) is 6.64. The third-order valence-electron chi connectivity index (χ3n) is 2.18. The van der Waals surface area contributed by atoms with Gasteiger partial charge in [0.2, 0.25) is 0 Å². The molecule has 0 atom stereocenters. The van der Waals surface area contributed by atoms with Gasteiger partial charge in [-0.2, -0.15) is 0 Å². The monoisotopic (exact) mass is 250 g/mol. The number of urea groups is 1. The minimum Gasteiger partial charge on any atom is -0.465 e. The summed E-state index contributed by atoms with van der Waals surface area (Å²) in [6.07, 6.45) is 0. The van der Waals surface area contributed by atoms with E-state index in [4.69, 9.17) is 4.74 Å². The first kappa shape index (κ1) is 14.0. The van der Waals surface area contributed by atoms with Gasteiger partial charge in [0.05, 0.1) is 6.61 Å². The highest BCUT2D eigenvalue weighted by Gasteiger charge is 2.06. The highest BCUT2D eigenvalue weighted by Crippen LogP contribution is 2.13. The molecule has 0 fully saturated rings. The molecule has 1 aromatic carbocycles. The van der Waals surface area contributed by atoms with Crippen LogP contribution in [0.1, 0.15) is 18.1 Å². The van der Waals surface area contributed by atoms with E-state index in [1.165, 1.54) is 0 Å². The molecule has 0 aliphatic carbocycles. The molecule has 0 aromatic heterocycles. The molecule has 18 heavy (non-hydrogen) atoms. The Morgan fingerprint density at radius 3 is 2.33 bits per heavy atom. The second-order valence-corrected chi connectivity index (χ2v) is 3.99. The minimum absolute atomic E-state index is 0.134. The summed E-state index contributed by atoms with van der Waals surface area (Å²) >= 11 is 0. The van der Waals surface area contributed by atoms with Crippen LogP contribution in [0.4, 0.5) is 10.5 Å². The number of benzene rings is 1. The highest BCUT2D eigenvalue weighted by molar-refractivity contribution is 5.91. The Morgan fingerprint density at radius 1 is 1.17 bits per heavy atom. The standard InChI is InChI=1S/C13H18N2O3/c1-4-18-12(16)8-14-13(17)15-11-6-9(2)5-10(3)7-11/h5-7H,4,8H2,1-3H3,(H2,14,15,17). The van der Waals surface area contributed by atoms with Crippen LogP contribution in [0.25, 0.3) is 0 Å². The molecule has 5 heteroatoms. The number of carbonyl (C=O) groups excluding carboxylic acids is 2. The Labute approximate surface area is 107 Å². The average molecular weight is 250 g/mol. The van der Waals surface area contributed by atoms with Gasteiger partial charge in [0.1, 0.15) is 6.54 Å². The van der Waals surface area contributed by atoms with Crippen molar-refractivity contribution in [3.05, 3.63) is 29.3 Å². The third kappa shape index (κ3) is 4.86. The Kier molecular flexibility index (Phi) is 5.17. The molecule has 5 nitrogen and oxygen atoms in total. The number of hydrogen-bond acceptors (Lipinski definition) is 3. The van der Waals surface area contributed by atoms with Crippen molar-refractivity contribution in [2.45, 2.75) is 20.8 Å². The largest absolute Gasteiger partial charge is 0.465 e. The van der Waals surface area contributed by atoms with E-state index >= 15 is 0 Å². The van der Waals surface area contributed by atoms with E-state index in [2.05, 4.69) is 10.6 Å². The Hall–Kier alpha value is -2.04. The lowest BCUT2D eigenvalue weighted by molar-refractivity contribution is -0.141. The number of carbonyl (C=O) groups is 2. The van der Waals surface area contributed by atoms with Gasteiger partial charge in [-0.25, -0.2) is 4.79 Å². The molecule has 0 spiro atoms. The van der Waals surface area contributed by atoms with Crippen molar-refractivity contribution in [2.24, 2.45) is 0 Å². The van der Waals surface area contributed by atoms with Crippen LogP contribution in [0.5, 0.6) is 0 Å².